The van der Waals surface area contributed by atoms with Gasteiger partial charge in [-0.3, -0.25) is 4.79 Å². The van der Waals surface area contributed by atoms with Gasteiger partial charge in [-0.15, -0.1) is 0 Å². The van der Waals surface area contributed by atoms with Gasteiger partial charge in [0.15, 0.2) is 0 Å². The highest BCUT2D eigenvalue weighted by Crippen LogP contribution is 2.16. The molecule has 17 heavy (non-hydrogen) atoms. The van der Waals surface area contributed by atoms with Gasteiger partial charge in [-0.2, -0.15) is 11.8 Å². The molecular weight excluding hydrogens is 240 g/mol. The van der Waals surface area contributed by atoms with E-state index < -0.39 is 5.97 Å². The lowest BCUT2D eigenvalue weighted by molar-refractivity contribution is -0.137. The fourth-order valence-corrected chi connectivity index (χ4v) is 2.79. The zero-order valence-electron chi connectivity index (χ0n) is 10.1. The van der Waals surface area contributed by atoms with Crippen LogP contribution in [0.1, 0.15) is 32.6 Å². The van der Waals surface area contributed by atoms with Crippen LogP contribution in [0.4, 0.5) is 4.79 Å². The van der Waals surface area contributed by atoms with Crippen molar-refractivity contribution in [1.82, 2.24) is 10.6 Å². The molecule has 2 atom stereocenters. The molecule has 1 rings (SSSR count). The minimum atomic E-state index is -0.831. The Morgan fingerprint density at radius 2 is 2.29 bits per heavy atom. The van der Waals surface area contributed by atoms with Gasteiger partial charge in [0.1, 0.15) is 0 Å². The van der Waals surface area contributed by atoms with Gasteiger partial charge in [-0.05, 0) is 31.9 Å². The molecule has 0 spiro atoms. The van der Waals surface area contributed by atoms with E-state index in [2.05, 4.69) is 10.6 Å². The van der Waals surface area contributed by atoms with Crippen LogP contribution in [0.3, 0.4) is 0 Å². The van der Waals surface area contributed by atoms with Crippen LogP contribution in [0.15, 0.2) is 0 Å². The third-order valence-corrected chi connectivity index (χ3v) is 3.88. The number of urea groups is 1. The summed E-state index contributed by atoms with van der Waals surface area (Å²) in [6, 6.07) is -0.0434. The van der Waals surface area contributed by atoms with Crippen molar-refractivity contribution in [3.8, 4) is 0 Å². The number of carbonyl (C=O) groups is 2. The van der Waals surface area contributed by atoms with Gasteiger partial charge in [-0.1, -0.05) is 0 Å². The molecule has 0 bridgehead atoms. The smallest absolute Gasteiger partial charge is 0.315 e. The van der Waals surface area contributed by atoms with Crippen LogP contribution in [0, 0.1) is 0 Å². The zero-order valence-corrected chi connectivity index (χ0v) is 10.9. The van der Waals surface area contributed by atoms with Crippen molar-refractivity contribution in [2.75, 3.05) is 11.5 Å². The molecule has 5 nitrogen and oxygen atoms in total. The molecule has 98 valence electrons. The van der Waals surface area contributed by atoms with E-state index in [9.17, 15) is 9.59 Å². The van der Waals surface area contributed by atoms with Crippen molar-refractivity contribution >= 4 is 23.8 Å². The summed E-state index contributed by atoms with van der Waals surface area (Å²) < 4.78 is 0. The molecule has 3 N–H and O–H groups in total. The van der Waals surface area contributed by atoms with Gasteiger partial charge in [0, 0.05) is 24.3 Å². The SMILES string of the molecule is CC(CCC(=O)O)NC(=O)NC1CCCSC1. The van der Waals surface area contributed by atoms with Crippen LogP contribution in [-0.4, -0.2) is 40.7 Å². The molecule has 1 aliphatic heterocycles. The lowest BCUT2D eigenvalue weighted by Gasteiger charge is -2.23. The fraction of sp³-hybridized carbons (Fsp3) is 0.818. The number of rotatable bonds is 5. The molecule has 2 unspecified atom stereocenters. The first-order valence-corrected chi connectivity index (χ1v) is 7.10. The van der Waals surface area contributed by atoms with Gasteiger partial charge >= 0.3 is 12.0 Å². The Morgan fingerprint density at radius 1 is 1.53 bits per heavy atom. The highest BCUT2D eigenvalue weighted by Gasteiger charge is 2.17. The van der Waals surface area contributed by atoms with Gasteiger partial charge in [0.2, 0.25) is 0 Å². The second kappa shape index (κ2) is 7.42. The van der Waals surface area contributed by atoms with Crippen LogP contribution >= 0.6 is 11.8 Å². The topological polar surface area (TPSA) is 78.4 Å². The van der Waals surface area contributed by atoms with Crippen molar-refractivity contribution in [2.45, 2.75) is 44.7 Å². The third kappa shape index (κ3) is 6.41. The first kappa shape index (κ1) is 14.2. The Balaban J connectivity index is 2.16. The molecule has 2 amide bonds. The molecule has 0 aromatic carbocycles. The molecule has 0 aromatic heterocycles. The number of hydrogen-bond acceptors (Lipinski definition) is 3. The Hall–Kier alpha value is -0.910. The summed E-state index contributed by atoms with van der Waals surface area (Å²) in [7, 11) is 0. The van der Waals surface area contributed by atoms with Crippen LogP contribution in [0.2, 0.25) is 0 Å². The van der Waals surface area contributed by atoms with E-state index >= 15 is 0 Å². The van der Waals surface area contributed by atoms with E-state index in [0.717, 1.165) is 18.6 Å². The average Bonchev–Trinajstić information content (AvgIpc) is 2.27. The van der Waals surface area contributed by atoms with Gasteiger partial charge in [0.25, 0.3) is 0 Å². The number of amides is 2. The standard InChI is InChI=1S/C11H20N2O3S/c1-8(4-5-10(14)15)12-11(16)13-9-3-2-6-17-7-9/h8-9H,2-7H2,1H3,(H,14,15)(H2,12,13,16). The minimum Gasteiger partial charge on any atom is -0.481 e. The summed E-state index contributed by atoms with van der Waals surface area (Å²) in [6.45, 7) is 1.82. The number of thioether (sulfide) groups is 1. The van der Waals surface area contributed by atoms with Crippen molar-refractivity contribution < 1.29 is 14.7 Å². The molecule has 6 heteroatoms. The molecule has 0 aromatic rings. The number of nitrogens with one attached hydrogen (secondary N) is 2. The average molecular weight is 260 g/mol. The maximum absolute atomic E-state index is 11.6. The van der Waals surface area contributed by atoms with E-state index in [1.165, 1.54) is 5.75 Å². The van der Waals surface area contributed by atoms with Crippen molar-refractivity contribution in [3.05, 3.63) is 0 Å². The van der Waals surface area contributed by atoms with Crippen LogP contribution in [-0.2, 0) is 4.79 Å². The normalized spacial score (nSPS) is 21.6. The second-order valence-electron chi connectivity index (χ2n) is 4.37. The Labute approximate surface area is 106 Å². The van der Waals surface area contributed by atoms with Gasteiger partial charge in [0.05, 0.1) is 0 Å². The van der Waals surface area contributed by atoms with Crippen LogP contribution in [0.25, 0.3) is 0 Å². The summed E-state index contributed by atoms with van der Waals surface area (Å²) in [5.41, 5.74) is 0. The summed E-state index contributed by atoms with van der Waals surface area (Å²) >= 11 is 1.86. The van der Waals surface area contributed by atoms with Crippen molar-refractivity contribution in [3.63, 3.8) is 0 Å². The monoisotopic (exact) mass is 260 g/mol. The van der Waals surface area contributed by atoms with E-state index in [-0.39, 0.29) is 24.5 Å². The number of carbonyl (C=O) groups excluding carboxylic acids is 1. The van der Waals surface area contributed by atoms with E-state index in [1.54, 1.807) is 0 Å². The molecule has 1 aliphatic rings. The number of aliphatic carboxylic acids is 1. The lowest BCUT2D eigenvalue weighted by atomic mass is 10.2. The van der Waals surface area contributed by atoms with Crippen LogP contribution < -0.4 is 10.6 Å². The quantitative estimate of drug-likeness (QED) is 0.699. The Bertz CT molecular complexity index is 267. The predicted octanol–water partition coefficient (Wildman–Crippen LogP) is 1.43. The summed E-state index contributed by atoms with van der Waals surface area (Å²) in [6.07, 6.45) is 2.72. The first-order chi connectivity index (χ1) is 8.08. The van der Waals surface area contributed by atoms with Crippen molar-refractivity contribution in [1.29, 1.82) is 0 Å². The van der Waals surface area contributed by atoms with E-state index in [0.29, 0.717) is 6.42 Å². The predicted molar refractivity (Wildman–Crippen MR) is 68.3 cm³/mol. The molecule has 1 saturated heterocycles. The zero-order chi connectivity index (χ0) is 12.7. The summed E-state index contributed by atoms with van der Waals surface area (Å²) in [5.74, 6) is 1.31. The van der Waals surface area contributed by atoms with Crippen LogP contribution in [0.5, 0.6) is 0 Å². The lowest BCUT2D eigenvalue weighted by Crippen LogP contribution is -2.47. The Morgan fingerprint density at radius 3 is 2.88 bits per heavy atom. The maximum atomic E-state index is 11.6. The molecule has 0 radical (unpaired) electrons. The number of carboxylic acids is 1. The molecule has 0 aliphatic carbocycles. The highest BCUT2D eigenvalue weighted by molar-refractivity contribution is 7.99. The van der Waals surface area contributed by atoms with E-state index in [4.69, 9.17) is 5.11 Å². The fourth-order valence-electron chi connectivity index (χ4n) is 1.72. The highest BCUT2D eigenvalue weighted by atomic mass is 32.2. The summed E-state index contributed by atoms with van der Waals surface area (Å²) in [4.78, 5) is 22.0. The largest absolute Gasteiger partial charge is 0.481 e. The van der Waals surface area contributed by atoms with Gasteiger partial charge < -0.3 is 15.7 Å². The molecule has 1 fully saturated rings. The van der Waals surface area contributed by atoms with Crippen molar-refractivity contribution in [2.24, 2.45) is 0 Å². The first-order valence-electron chi connectivity index (χ1n) is 5.94. The summed E-state index contributed by atoms with van der Waals surface area (Å²) in [5, 5.41) is 14.2. The molecule has 1 heterocycles. The third-order valence-electron chi connectivity index (χ3n) is 2.66. The maximum Gasteiger partial charge on any atom is 0.315 e. The minimum absolute atomic E-state index is 0.0841. The molecule has 0 saturated carbocycles. The van der Waals surface area contributed by atoms with Gasteiger partial charge in [-0.25, -0.2) is 4.79 Å². The van der Waals surface area contributed by atoms with E-state index in [1.807, 2.05) is 18.7 Å². The number of carboxylic acid groups (broad SMARTS) is 1. The Kier molecular flexibility index (Phi) is 6.18. The molecular formula is C11H20N2O3S. The number of hydrogen-bond donors (Lipinski definition) is 3. The second-order valence-corrected chi connectivity index (χ2v) is 5.52.